The van der Waals surface area contributed by atoms with E-state index in [0.29, 0.717) is 24.8 Å². The molecule has 3 fully saturated rings. The van der Waals surface area contributed by atoms with Crippen LogP contribution < -0.4 is 0 Å². The molecule has 0 aromatic carbocycles. The molecule has 0 radical (unpaired) electrons. The normalized spacial score (nSPS) is 37.5. The summed E-state index contributed by atoms with van der Waals surface area (Å²) in [5.74, 6) is -0.0920. The summed E-state index contributed by atoms with van der Waals surface area (Å²) in [5, 5.41) is 9.09. The van der Waals surface area contributed by atoms with Crippen molar-refractivity contribution in [3.05, 3.63) is 0 Å². The minimum atomic E-state index is -0.727. The quantitative estimate of drug-likeness (QED) is 0.845. The van der Waals surface area contributed by atoms with E-state index in [1.165, 1.54) is 25.7 Å². The van der Waals surface area contributed by atoms with Crippen LogP contribution in [0.1, 0.15) is 57.8 Å². The maximum absolute atomic E-state index is 12.8. The highest BCUT2D eigenvalue weighted by Gasteiger charge is 2.41. The van der Waals surface area contributed by atoms with Gasteiger partial charge in [-0.2, -0.15) is 0 Å². The van der Waals surface area contributed by atoms with Crippen LogP contribution in [0.3, 0.4) is 0 Å². The van der Waals surface area contributed by atoms with Crippen molar-refractivity contribution in [2.75, 3.05) is 6.54 Å². The Bertz CT molecular complexity index is 393. The van der Waals surface area contributed by atoms with E-state index in [4.69, 9.17) is 5.11 Å². The summed E-state index contributed by atoms with van der Waals surface area (Å²) in [4.78, 5) is 25.9. The topological polar surface area (TPSA) is 57.6 Å². The summed E-state index contributed by atoms with van der Waals surface area (Å²) >= 11 is 0. The molecular weight excluding hydrogens is 254 g/mol. The van der Waals surface area contributed by atoms with Crippen LogP contribution in [-0.2, 0) is 9.59 Å². The van der Waals surface area contributed by atoms with Crippen LogP contribution in [0.4, 0.5) is 0 Å². The number of carboxylic acid groups (broad SMARTS) is 1. The fraction of sp³-hybridized carbons (Fsp3) is 0.875. The third-order valence-corrected chi connectivity index (χ3v) is 5.66. The second kappa shape index (κ2) is 5.74. The fourth-order valence-corrected chi connectivity index (χ4v) is 4.56. The van der Waals surface area contributed by atoms with Gasteiger partial charge in [0, 0.05) is 18.5 Å². The van der Waals surface area contributed by atoms with Gasteiger partial charge in [-0.25, -0.2) is 0 Å². The first-order chi connectivity index (χ1) is 9.66. The Hall–Kier alpha value is -1.06. The third-order valence-electron chi connectivity index (χ3n) is 5.66. The average molecular weight is 279 g/mol. The summed E-state index contributed by atoms with van der Waals surface area (Å²) in [7, 11) is 0. The molecule has 2 saturated carbocycles. The minimum Gasteiger partial charge on any atom is -0.481 e. The molecule has 20 heavy (non-hydrogen) atoms. The molecule has 1 N–H and O–H groups in total. The zero-order valence-corrected chi connectivity index (χ0v) is 12.1. The van der Waals surface area contributed by atoms with Crippen LogP contribution in [-0.4, -0.2) is 34.5 Å². The van der Waals surface area contributed by atoms with Gasteiger partial charge in [0.1, 0.15) is 0 Å². The Balaban J connectivity index is 1.65. The smallest absolute Gasteiger partial charge is 0.306 e. The van der Waals surface area contributed by atoms with Gasteiger partial charge in [-0.15, -0.1) is 0 Å². The predicted molar refractivity (Wildman–Crippen MR) is 75.2 cm³/mol. The predicted octanol–water partition coefficient (Wildman–Crippen LogP) is 2.67. The Kier molecular flexibility index (Phi) is 3.99. The fourth-order valence-electron chi connectivity index (χ4n) is 4.56. The molecule has 0 spiro atoms. The molecule has 4 nitrogen and oxygen atoms in total. The Labute approximate surface area is 120 Å². The lowest BCUT2D eigenvalue weighted by atomic mass is 9.78. The van der Waals surface area contributed by atoms with Gasteiger partial charge in [0.2, 0.25) is 5.91 Å². The molecule has 0 aromatic heterocycles. The molecule has 0 unspecified atom stereocenters. The van der Waals surface area contributed by atoms with E-state index in [9.17, 15) is 9.59 Å². The van der Waals surface area contributed by atoms with E-state index in [2.05, 4.69) is 4.90 Å². The largest absolute Gasteiger partial charge is 0.481 e. The summed E-state index contributed by atoms with van der Waals surface area (Å²) in [6.45, 7) is 0.897. The Morgan fingerprint density at radius 1 is 0.900 bits per heavy atom. The van der Waals surface area contributed by atoms with E-state index in [1.54, 1.807) is 0 Å². The van der Waals surface area contributed by atoms with Crippen molar-refractivity contribution in [2.45, 2.75) is 63.8 Å². The summed E-state index contributed by atoms with van der Waals surface area (Å²) in [6, 6.07) is 0.453. The highest BCUT2D eigenvalue weighted by molar-refractivity contribution is 5.81. The molecular formula is C16H25NO3. The van der Waals surface area contributed by atoms with Gasteiger partial charge in [0.05, 0.1) is 5.92 Å². The van der Waals surface area contributed by atoms with Crippen molar-refractivity contribution in [3.8, 4) is 0 Å². The van der Waals surface area contributed by atoms with Gasteiger partial charge in [-0.05, 0) is 50.9 Å². The lowest BCUT2D eigenvalue weighted by Gasteiger charge is -2.45. The zero-order valence-electron chi connectivity index (χ0n) is 12.1. The number of piperidine rings is 1. The molecule has 1 saturated heterocycles. The number of amides is 1. The van der Waals surface area contributed by atoms with Gasteiger partial charge in [-0.1, -0.05) is 12.8 Å². The number of likely N-dealkylation sites (tertiary alicyclic amines) is 1. The van der Waals surface area contributed by atoms with Crippen molar-refractivity contribution < 1.29 is 14.7 Å². The first-order valence-corrected chi connectivity index (χ1v) is 8.20. The van der Waals surface area contributed by atoms with E-state index in [0.717, 1.165) is 25.8 Å². The number of carboxylic acids is 1. The van der Waals surface area contributed by atoms with Gasteiger partial charge in [0.15, 0.2) is 0 Å². The number of carbonyl (C=O) groups is 2. The Morgan fingerprint density at radius 2 is 1.60 bits per heavy atom. The average Bonchev–Trinajstić information content (AvgIpc) is 2.96. The standard InChI is InChI=1S/C16H25NO3/c18-15(12-7-8-13(10-12)16(19)20)17-9-3-5-11-4-1-2-6-14(11)17/h11-14H,1-10H2,(H,19,20)/t11-,12-,13+,14-/m1/s1. The van der Waals surface area contributed by atoms with Crippen LogP contribution in [0.25, 0.3) is 0 Å². The lowest BCUT2D eigenvalue weighted by Crippen LogP contribution is -2.51. The SMILES string of the molecule is O=C(O)[C@H]1CC[C@@H](C(=O)N2CCC[C@H]3CCCC[C@H]32)C1. The highest BCUT2D eigenvalue weighted by atomic mass is 16.4. The molecule has 1 amide bonds. The van der Waals surface area contributed by atoms with Gasteiger partial charge >= 0.3 is 5.97 Å². The number of nitrogens with zero attached hydrogens (tertiary/aromatic N) is 1. The second-order valence-corrected chi connectivity index (χ2v) is 6.83. The van der Waals surface area contributed by atoms with Crippen LogP contribution in [0, 0.1) is 17.8 Å². The van der Waals surface area contributed by atoms with E-state index in [-0.39, 0.29) is 17.7 Å². The number of fused-ring (bicyclic) bond motifs is 1. The van der Waals surface area contributed by atoms with Crippen molar-refractivity contribution in [1.82, 2.24) is 4.90 Å². The van der Waals surface area contributed by atoms with Crippen molar-refractivity contribution in [1.29, 1.82) is 0 Å². The van der Waals surface area contributed by atoms with E-state index >= 15 is 0 Å². The van der Waals surface area contributed by atoms with Crippen LogP contribution in [0.5, 0.6) is 0 Å². The first kappa shape index (κ1) is 13.9. The molecule has 4 atom stereocenters. The molecule has 2 aliphatic carbocycles. The highest BCUT2D eigenvalue weighted by Crippen LogP contribution is 2.38. The number of hydrogen-bond donors (Lipinski definition) is 1. The van der Waals surface area contributed by atoms with Crippen LogP contribution >= 0.6 is 0 Å². The van der Waals surface area contributed by atoms with E-state index in [1.807, 2.05) is 0 Å². The number of carbonyl (C=O) groups excluding carboxylic acids is 1. The molecule has 3 rings (SSSR count). The second-order valence-electron chi connectivity index (χ2n) is 6.83. The van der Waals surface area contributed by atoms with Gasteiger partial charge < -0.3 is 10.0 Å². The monoisotopic (exact) mass is 279 g/mol. The van der Waals surface area contributed by atoms with Crippen LogP contribution in [0.15, 0.2) is 0 Å². The number of hydrogen-bond acceptors (Lipinski definition) is 2. The molecule has 4 heteroatoms. The summed E-state index contributed by atoms with van der Waals surface area (Å²) in [5.41, 5.74) is 0. The molecule has 0 bridgehead atoms. The number of aliphatic carboxylic acids is 1. The van der Waals surface area contributed by atoms with Crippen molar-refractivity contribution >= 4 is 11.9 Å². The molecule has 1 aliphatic heterocycles. The van der Waals surface area contributed by atoms with Crippen molar-refractivity contribution in [3.63, 3.8) is 0 Å². The Morgan fingerprint density at radius 3 is 2.35 bits per heavy atom. The zero-order chi connectivity index (χ0) is 14.1. The van der Waals surface area contributed by atoms with E-state index < -0.39 is 5.97 Å². The number of rotatable bonds is 2. The van der Waals surface area contributed by atoms with Gasteiger partial charge in [0.25, 0.3) is 0 Å². The summed E-state index contributed by atoms with van der Waals surface area (Å²) in [6.07, 6.45) is 9.39. The maximum Gasteiger partial charge on any atom is 0.306 e. The lowest BCUT2D eigenvalue weighted by molar-refractivity contribution is -0.143. The minimum absolute atomic E-state index is 0.0308. The molecule has 0 aromatic rings. The van der Waals surface area contributed by atoms with Crippen LogP contribution in [0.2, 0.25) is 0 Å². The maximum atomic E-state index is 12.8. The summed E-state index contributed by atoms with van der Waals surface area (Å²) < 4.78 is 0. The third kappa shape index (κ3) is 2.57. The first-order valence-electron chi connectivity index (χ1n) is 8.20. The molecule has 1 heterocycles. The van der Waals surface area contributed by atoms with Gasteiger partial charge in [-0.3, -0.25) is 9.59 Å². The molecule has 3 aliphatic rings. The molecule has 112 valence electrons. The van der Waals surface area contributed by atoms with Crippen molar-refractivity contribution in [2.24, 2.45) is 17.8 Å².